The van der Waals surface area contributed by atoms with Crippen molar-refractivity contribution in [2.24, 2.45) is 5.73 Å². The van der Waals surface area contributed by atoms with Crippen LogP contribution in [0.25, 0.3) is 5.65 Å². The minimum Gasteiger partial charge on any atom is -0.487 e. The van der Waals surface area contributed by atoms with E-state index in [0.29, 0.717) is 24.5 Å². The van der Waals surface area contributed by atoms with Crippen LogP contribution in [0.5, 0.6) is 5.75 Å². The number of likely N-dealkylation sites (N-methyl/N-ethyl adjacent to an activating group) is 1. The molecule has 0 radical (unpaired) electrons. The Hall–Kier alpha value is -2.86. The van der Waals surface area contributed by atoms with E-state index in [4.69, 9.17) is 10.5 Å². The summed E-state index contributed by atoms with van der Waals surface area (Å²) in [5.41, 5.74) is 9.11. The maximum atomic E-state index is 12.5. The Labute approximate surface area is 153 Å². The van der Waals surface area contributed by atoms with Gasteiger partial charge in [0.15, 0.2) is 0 Å². The molecule has 0 aliphatic heterocycles. The molecule has 0 aliphatic carbocycles. The lowest BCUT2D eigenvalue weighted by molar-refractivity contribution is 0.0748. The number of imidazole rings is 1. The van der Waals surface area contributed by atoms with Crippen LogP contribution in [-0.2, 0) is 6.61 Å². The first-order valence-corrected chi connectivity index (χ1v) is 8.62. The molecule has 0 aliphatic rings. The van der Waals surface area contributed by atoms with Crippen molar-refractivity contribution >= 4 is 11.6 Å². The number of carbonyl (C=O) groups is 1. The average Bonchev–Trinajstić information content (AvgIpc) is 3.06. The number of aryl methyl sites for hydroxylation is 1. The first kappa shape index (κ1) is 17.9. The van der Waals surface area contributed by atoms with Gasteiger partial charge in [0, 0.05) is 37.6 Å². The number of nitrogens with zero attached hydrogens (tertiary/aromatic N) is 3. The summed E-state index contributed by atoms with van der Waals surface area (Å²) < 4.78 is 7.82. The number of aromatic nitrogens is 2. The maximum Gasteiger partial charge on any atom is 0.254 e. The zero-order chi connectivity index (χ0) is 18.7. The van der Waals surface area contributed by atoms with Gasteiger partial charge < -0.3 is 19.8 Å². The second kappa shape index (κ2) is 7.58. The van der Waals surface area contributed by atoms with E-state index < -0.39 is 0 Å². The number of benzene rings is 1. The van der Waals surface area contributed by atoms with Crippen LogP contribution in [0.2, 0.25) is 0 Å². The van der Waals surface area contributed by atoms with Gasteiger partial charge in [0.1, 0.15) is 18.0 Å². The molecular formula is C20H24N4O2. The molecule has 0 bridgehead atoms. The topological polar surface area (TPSA) is 72.9 Å². The van der Waals surface area contributed by atoms with Crippen molar-refractivity contribution < 1.29 is 9.53 Å². The van der Waals surface area contributed by atoms with E-state index >= 15 is 0 Å². The van der Waals surface area contributed by atoms with Crippen molar-refractivity contribution in [3.8, 4) is 5.75 Å². The Morgan fingerprint density at radius 3 is 2.88 bits per heavy atom. The van der Waals surface area contributed by atoms with E-state index in [2.05, 4.69) is 4.98 Å². The smallest absolute Gasteiger partial charge is 0.254 e. The van der Waals surface area contributed by atoms with Crippen molar-refractivity contribution in [2.75, 3.05) is 13.6 Å². The van der Waals surface area contributed by atoms with E-state index in [1.807, 2.05) is 54.9 Å². The Morgan fingerprint density at radius 1 is 1.31 bits per heavy atom. The summed E-state index contributed by atoms with van der Waals surface area (Å²) in [6, 6.07) is 11.2. The Balaban J connectivity index is 1.71. The number of fused-ring (bicyclic) bond motifs is 1. The number of hydrogen-bond donors (Lipinski definition) is 1. The number of nitrogens with two attached hydrogens (primary N) is 1. The molecule has 1 amide bonds. The zero-order valence-electron chi connectivity index (χ0n) is 15.3. The van der Waals surface area contributed by atoms with Gasteiger partial charge in [-0.3, -0.25) is 4.79 Å². The number of rotatable bonds is 6. The van der Waals surface area contributed by atoms with Gasteiger partial charge in [0.2, 0.25) is 0 Å². The van der Waals surface area contributed by atoms with Gasteiger partial charge in [-0.1, -0.05) is 12.1 Å². The predicted molar refractivity (Wildman–Crippen MR) is 101 cm³/mol. The first-order chi connectivity index (χ1) is 12.5. The third kappa shape index (κ3) is 3.86. The molecule has 2 aromatic heterocycles. The highest BCUT2D eigenvalue weighted by atomic mass is 16.5. The van der Waals surface area contributed by atoms with Crippen LogP contribution in [0.1, 0.15) is 28.5 Å². The number of hydrogen-bond acceptors (Lipinski definition) is 4. The van der Waals surface area contributed by atoms with Crippen LogP contribution in [0, 0.1) is 6.92 Å². The number of ether oxygens (including phenoxy) is 1. The van der Waals surface area contributed by atoms with Crippen molar-refractivity contribution in [1.29, 1.82) is 0 Å². The zero-order valence-corrected chi connectivity index (χ0v) is 15.3. The molecule has 3 rings (SSSR count). The standard InChI is InChI=1S/C20H24N4O2/c1-14-7-8-19-22-17(12-24(19)11-14)13-26-18-6-4-5-16(9-18)20(25)23(3)15(2)10-21/h4-9,11-12,15H,10,13,21H2,1-3H3. The highest BCUT2D eigenvalue weighted by Crippen LogP contribution is 2.17. The molecule has 2 N–H and O–H groups in total. The molecule has 0 fully saturated rings. The maximum absolute atomic E-state index is 12.5. The number of carbonyl (C=O) groups excluding carboxylic acids is 1. The fraction of sp³-hybridized carbons (Fsp3) is 0.300. The van der Waals surface area contributed by atoms with Crippen LogP contribution < -0.4 is 10.5 Å². The lowest BCUT2D eigenvalue weighted by atomic mass is 10.1. The van der Waals surface area contributed by atoms with Gasteiger partial charge in [-0.05, 0) is 43.7 Å². The molecule has 136 valence electrons. The van der Waals surface area contributed by atoms with Crippen LogP contribution >= 0.6 is 0 Å². The Kier molecular flexibility index (Phi) is 5.23. The van der Waals surface area contributed by atoms with Crippen molar-refractivity contribution in [3.63, 3.8) is 0 Å². The molecule has 26 heavy (non-hydrogen) atoms. The third-order valence-electron chi connectivity index (χ3n) is 4.44. The quantitative estimate of drug-likeness (QED) is 0.740. The summed E-state index contributed by atoms with van der Waals surface area (Å²) in [4.78, 5) is 18.7. The summed E-state index contributed by atoms with van der Waals surface area (Å²) in [5.74, 6) is 0.564. The summed E-state index contributed by atoms with van der Waals surface area (Å²) >= 11 is 0. The highest BCUT2D eigenvalue weighted by molar-refractivity contribution is 5.94. The van der Waals surface area contributed by atoms with Crippen LogP contribution in [0.4, 0.5) is 0 Å². The minimum absolute atomic E-state index is 0.0199. The molecule has 6 nitrogen and oxygen atoms in total. The molecule has 1 unspecified atom stereocenters. The molecule has 1 aromatic carbocycles. The van der Waals surface area contributed by atoms with E-state index in [9.17, 15) is 4.79 Å². The molecule has 1 atom stereocenters. The molecule has 0 saturated carbocycles. The van der Waals surface area contributed by atoms with Gasteiger partial charge >= 0.3 is 0 Å². The van der Waals surface area contributed by atoms with Crippen LogP contribution in [-0.4, -0.2) is 39.8 Å². The molecule has 0 saturated heterocycles. The summed E-state index contributed by atoms with van der Waals surface area (Å²) in [5, 5.41) is 0. The first-order valence-electron chi connectivity index (χ1n) is 8.62. The third-order valence-corrected chi connectivity index (χ3v) is 4.44. The monoisotopic (exact) mass is 352 g/mol. The lowest BCUT2D eigenvalue weighted by Crippen LogP contribution is -2.39. The second-order valence-corrected chi connectivity index (χ2v) is 6.52. The molecule has 6 heteroatoms. The normalized spacial score (nSPS) is 12.2. The Bertz CT molecular complexity index is 919. The molecule has 2 heterocycles. The van der Waals surface area contributed by atoms with Crippen LogP contribution in [0.3, 0.4) is 0 Å². The van der Waals surface area contributed by atoms with Crippen molar-refractivity contribution in [2.45, 2.75) is 26.5 Å². The SMILES string of the molecule is Cc1ccc2nc(COc3cccc(C(=O)N(C)C(C)CN)c3)cn2c1. The van der Waals surface area contributed by atoms with E-state index in [-0.39, 0.29) is 11.9 Å². The predicted octanol–water partition coefficient (Wildman–Crippen LogP) is 2.64. The number of amides is 1. The number of pyridine rings is 1. The van der Waals surface area contributed by atoms with E-state index in [1.54, 1.807) is 24.1 Å². The average molecular weight is 352 g/mol. The van der Waals surface area contributed by atoms with Crippen LogP contribution in [0.15, 0.2) is 48.8 Å². The Morgan fingerprint density at radius 2 is 2.12 bits per heavy atom. The fourth-order valence-corrected chi connectivity index (χ4v) is 2.66. The molecular weight excluding hydrogens is 328 g/mol. The second-order valence-electron chi connectivity index (χ2n) is 6.52. The fourth-order valence-electron chi connectivity index (χ4n) is 2.66. The largest absolute Gasteiger partial charge is 0.487 e. The molecule has 3 aromatic rings. The minimum atomic E-state index is -0.0726. The van der Waals surface area contributed by atoms with Crippen molar-refractivity contribution in [1.82, 2.24) is 14.3 Å². The molecule has 0 spiro atoms. The van der Waals surface area contributed by atoms with Gasteiger partial charge in [-0.2, -0.15) is 0 Å². The lowest BCUT2D eigenvalue weighted by Gasteiger charge is -2.23. The van der Waals surface area contributed by atoms with E-state index in [1.165, 1.54) is 5.56 Å². The van der Waals surface area contributed by atoms with Gasteiger partial charge in [-0.25, -0.2) is 4.98 Å². The van der Waals surface area contributed by atoms with E-state index in [0.717, 1.165) is 11.3 Å². The van der Waals surface area contributed by atoms with Gasteiger partial charge in [0.25, 0.3) is 5.91 Å². The van der Waals surface area contributed by atoms with Gasteiger partial charge in [-0.15, -0.1) is 0 Å². The summed E-state index contributed by atoms with van der Waals surface area (Å²) in [6.07, 6.45) is 3.98. The summed E-state index contributed by atoms with van der Waals surface area (Å²) in [7, 11) is 1.76. The van der Waals surface area contributed by atoms with Crippen molar-refractivity contribution in [3.05, 3.63) is 65.6 Å². The highest BCUT2D eigenvalue weighted by Gasteiger charge is 2.16. The summed E-state index contributed by atoms with van der Waals surface area (Å²) in [6.45, 7) is 4.73. The van der Waals surface area contributed by atoms with Gasteiger partial charge in [0.05, 0.1) is 5.69 Å².